The van der Waals surface area contributed by atoms with Gasteiger partial charge in [-0.15, -0.1) is 0 Å². The first-order chi connectivity index (χ1) is 11.6. The summed E-state index contributed by atoms with van der Waals surface area (Å²) < 4.78 is 5.98. The van der Waals surface area contributed by atoms with Crippen LogP contribution in [0.4, 0.5) is 0 Å². The van der Waals surface area contributed by atoms with Gasteiger partial charge in [0.15, 0.2) is 0 Å². The molecule has 0 aromatic carbocycles. The Morgan fingerprint density at radius 3 is 2.56 bits per heavy atom. The molecule has 4 fully saturated rings. The van der Waals surface area contributed by atoms with E-state index in [1.165, 1.54) is 32.1 Å². The van der Waals surface area contributed by atoms with Crippen molar-refractivity contribution < 1.29 is 9.53 Å². The van der Waals surface area contributed by atoms with E-state index in [4.69, 9.17) is 4.74 Å². The molecule has 1 aliphatic heterocycles. The van der Waals surface area contributed by atoms with Crippen molar-refractivity contribution in [1.82, 2.24) is 4.90 Å². The van der Waals surface area contributed by atoms with Gasteiger partial charge in [-0.3, -0.25) is 4.79 Å². The lowest BCUT2D eigenvalue weighted by Gasteiger charge is -2.63. The summed E-state index contributed by atoms with van der Waals surface area (Å²) in [5.41, 5.74) is 0.818. The molecule has 4 rings (SSSR count). The monoisotopic (exact) mass is 347 g/mol. The highest BCUT2D eigenvalue weighted by molar-refractivity contribution is 5.77. The van der Waals surface area contributed by atoms with Crippen molar-refractivity contribution in [3.05, 3.63) is 0 Å². The summed E-state index contributed by atoms with van der Waals surface area (Å²) in [5.74, 6) is 3.43. The van der Waals surface area contributed by atoms with E-state index in [-0.39, 0.29) is 5.60 Å². The topological polar surface area (TPSA) is 29.5 Å². The fraction of sp³-hybridized carbons (Fsp3) is 0.955. The maximum absolute atomic E-state index is 12.3. The molecule has 8 atom stereocenters. The van der Waals surface area contributed by atoms with Gasteiger partial charge in [0.05, 0.1) is 5.60 Å². The van der Waals surface area contributed by atoms with Gasteiger partial charge in [-0.25, -0.2) is 0 Å². The normalized spacial score (nSPS) is 55.5. The Hall–Kier alpha value is -0.570. The van der Waals surface area contributed by atoms with Crippen molar-refractivity contribution in [3.8, 4) is 0 Å². The van der Waals surface area contributed by atoms with E-state index in [1.807, 2.05) is 7.11 Å². The number of nitrogens with zero attached hydrogens (tertiary/aromatic N) is 1. The van der Waals surface area contributed by atoms with Gasteiger partial charge < -0.3 is 9.64 Å². The summed E-state index contributed by atoms with van der Waals surface area (Å²) in [6.45, 7) is 9.85. The molecule has 0 radical (unpaired) electrons. The van der Waals surface area contributed by atoms with Crippen LogP contribution in [0.5, 0.6) is 0 Å². The summed E-state index contributed by atoms with van der Waals surface area (Å²) in [6.07, 6.45) is 8.16. The van der Waals surface area contributed by atoms with Crippen molar-refractivity contribution in [3.63, 3.8) is 0 Å². The summed E-state index contributed by atoms with van der Waals surface area (Å²) in [7, 11) is 3.96. The van der Waals surface area contributed by atoms with Crippen molar-refractivity contribution >= 4 is 5.91 Å². The van der Waals surface area contributed by atoms with Crippen LogP contribution in [-0.2, 0) is 9.53 Å². The number of methoxy groups -OCH3 is 1. The van der Waals surface area contributed by atoms with Crippen LogP contribution in [-0.4, -0.2) is 36.6 Å². The first-order valence-corrected chi connectivity index (χ1v) is 10.4. The highest BCUT2D eigenvalue weighted by Crippen LogP contribution is 2.67. The summed E-state index contributed by atoms with van der Waals surface area (Å²) >= 11 is 0. The minimum atomic E-state index is 0.0606. The molecule has 1 saturated heterocycles. The first-order valence-electron chi connectivity index (χ1n) is 10.4. The average molecular weight is 348 g/mol. The number of hydrogen-bond acceptors (Lipinski definition) is 2. The molecule has 3 unspecified atom stereocenters. The number of piperidine rings is 1. The molecule has 3 aliphatic carbocycles. The zero-order chi connectivity index (χ0) is 18.2. The van der Waals surface area contributed by atoms with E-state index in [9.17, 15) is 4.79 Å². The highest BCUT2D eigenvalue weighted by Gasteiger charge is 2.63. The zero-order valence-corrected chi connectivity index (χ0v) is 17.1. The second-order valence-corrected chi connectivity index (χ2v) is 10.8. The smallest absolute Gasteiger partial charge is 0.222 e. The third-order valence-corrected chi connectivity index (χ3v) is 9.37. The lowest BCUT2D eigenvalue weighted by molar-refractivity contribution is -0.164. The number of fused-ring (bicyclic) bond motifs is 5. The Labute approximate surface area is 153 Å². The van der Waals surface area contributed by atoms with Gasteiger partial charge in [-0.05, 0) is 80.0 Å². The van der Waals surface area contributed by atoms with Crippen LogP contribution < -0.4 is 0 Å². The predicted octanol–water partition coefficient (Wildman–Crippen LogP) is 4.50. The highest BCUT2D eigenvalue weighted by atomic mass is 16.5. The SMILES string of the molecule is COC1(C)C[C@H]2[C@@H]3C(C)CC4N(C)C(=O)CC[C@]4(C)[C@@H]3CC[C@]2(C)C1. The average Bonchev–Trinajstić information content (AvgIpc) is 2.85. The summed E-state index contributed by atoms with van der Waals surface area (Å²) in [4.78, 5) is 14.4. The molecule has 0 aromatic rings. The number of ether oxygens (including phenoxy) is 1. The van der Waals surface area contributed by atoms with Crippen LogP contribution in [0.3, 0.4) is 0 Å². The standard InChI is InChI=1S/C22H37NO2/c1-14-11-17-22(4,10-8-18(24)23(17)5)15-7-9-20(2)13-21(3,25-6)12-16(20)19(14)15/h14-17,19H,7-13H2,1-6H3/t14?,15-,16+,17?,19-,20-,21?,22-/m1/s1. The largest absolute Gasteiger partial charge is 0.378 e. The van der Waals surface area contributed by atoms with Crippen molar-refractivity contribution in [2.24, 2.45) is 34.5 Å². The molecular weight excluding hydrogens is 310 g/mol. The van der Waals surface area contributed by atoms with Gasteiger partial charge in [-0.1, -0.05) is 20.8 Å². The predicted molar refractivity (Wildman–Crippen MR) is 100 cm³/mol. The number of likely N-dealkylation sites (tertiary alicyclic amines) is 1. The molecule has 1 amide bonds. The van der Waals surface area contributed by atoms with Crippen LogP contribution in [0.25, 0.3) is 0 Å². The van der Waals surface area contributed by atoms with E-state index < -0.39 is 0 Å². The van der Waals surface area contributed by atoms with Crippen LogP contribution in [0, 0.1) is 34.5 Å². The molecule has 3 nitrogen and oxygen atoms in total. The van der Waals surface area contributed by atoms with Crippen molar-refractivity contribution in [2.75, 3.05) is 14.2 Å². The van der Waals surface area contributed by atoms with E-state index in [2.05, 4.69) is 39.6 Å². The summed E-state index contributed by atoms with van der Waals surface area (Å²) in [5, 5.41) is 0. The van der Waals surface area contributed by atoms with Gasteiger partial charge in [0.2, 0.25) is 5.91 Å². The van der Waals surface area contributed by atoms with Crippen LogP contribution in [0.1, 0.15) is 72.6 Å². The molecule has 25 heavy (non-hydrogen) atoms. The second-order valence-electron chi connectivity index (χ2n) is 10.8. The van der Waals surface area contributed by atoms with Gasteiger partial charge in [-0.2, -0.15) is 0 Å². The van der Waals surface area contributed by atoms with E-state index >= 15 is 0 Å². The van der Waals surface area contributed by atoms with Crippen molar-refractivity contribution in [2.45, 2.75) is 84.3 Å². The molecule has 0 bridgehead atoms. The molecule has 142 valence electrons. The maximum atomic E-state index is 12.3. The third kappa shape index (κ3) is 2.37. The first kappa shape index (κ1) is 17.8. The Balaban J connectivity index is 1.69. The van der Waals surface area contributed by atoms with Gasteiger partial charge in [0.25, 0.3) is 0 Å². The van der Waals surface area contributed by atoms with Crippen molar-refractivity contribution in [1.29, 1.82) is 0 Å². The molecule has 4 aliphatic rings. The van der Waals surface area contributed by atoms with E-state index in [0.717, 1.165) is 30.6 Å². The quantitative estimate of drug-likeness (QED) is 0.699. The molecule has 3 heteroatoms. The van der Waals surface area contributed by atoms with Gasteiger partial charge in [0, 0.05) is 26.6 Å². The van der Waals surface area contributed by atoms with E-state index in [0.29, 0.717) is 28.7 Å². The Morgan fingerprint density at radius 1 is 1.16 bits per heavy atom. The lowest BCUT2D eigenvalue weighted by atomic mass is 9.45. The van der Waals surface area contributed by atoms with Crippen LogP contribution in [0.2, 0.25) is 0 Å². The minimum Gasteiger partial charge on any atom is -0.378 e. The minimum absolute atomic E-state index is 0.0606. The summed E-state index contributed by atoms with van der Waals surface area (Å²) in [6, 6.07) is 0.449. The van der Waals surface area contributed by atoms with E-state index in [1.54, 1.807) is 0 Å². The maximum Gasteiger partial charge on any atom is 0.222 e. The fourth-order valence-corrected chi connectivity index (χ4v) is 8.02. The Bertz CT molecular complexity index is 576. The van der Waals surface area contributed by atoms with Crippen LogP contribution in [0.15, 0.2) is 0 Å². The number of amides is 1. The number of rotatable bonds is 1. The Kier molecular flexibility index (Phi) is 3.90. The third-order valence-electron chi connectivity index (χ3n) is 9.37. The van der Waals surface area contributed by atoms with Gasteiger partial charge in [0.1, 0.15) is 0 Å². The fourth-order valence-electron chi connectivity index (χ4n) is 8.02. The molecule has 0 spiro atoms. The number of carbonyl (C=O) groups excluding carboxylic acids is 1. The molecule has 0 aromatic heterocycles. The second kappa shape index (κ2) is 5.47. The Morgan fingerprint density at radius 2 is 1.88 bits per heavy atom. The molecule has 0 N–H and O–H groups in total. The number of hydrogen-bond donors (Lipinski definition) is 0. The molecule has 1 heterocycles. The number of carbonyl (C=O) groups is 1. The molecule has 3 saturated carbocycles. The zero-order valence-electron chi connectivity index (χ0n) is 17.1. The lowest BCUT2D eigenvalue weighted by Crippen LogP contribution is -2.62. The van der Waals surface area contributed by atoms with Gasteiger partial charge >= 0.3 is 0 Å². The molecular formula is C22H37NO2. The van der Waals surface area contributed by atoms with Crippen LogP contribution >= 0.6 is 0 Å².